The van der Waals surface area contributed by atoms with Gasteiger partial charge in [0.05, 0.1) is 40.6 Å². The Morgan fingerprint density at radius 3 is 2.76 bits per heavy atom. The number of hydrogen-bond acceptors (Lipinski definition) is 7. The van der Waals surface area contributed by atoms with E-state index in [2.05, 4.69) is 15.0 Å². The Bertz CT molecular complexity index is 1950. The third-order valence-corrected chi connectivity index (χ3v) is 7.98. The maximum atomic E-state index is 15.1. The molecule has 0 radical (unpaired) electrons. The number of rotatable bonds is 7. The van der Waals surface area contributed by atoms with Crippen LogP contribution in [0.5, 0.6) is 11.6 Å². The topological polar surface area (TPSA) is 103 Å². The Labute approximate surface area is 238 Å². The first-order chi connectivity index (χ1) is 19.7. The summed E-state index contributed by atoms with van der Waals surface area (Å²) < 4.78 is 28.9. The number of amides is 1. The molecule has 0 saturated carbocycles. The van der Waals surface area contributed by atoms with E-state index in [-0.39, 0.29) is 12.4 Å². The summed E-state index contributed by atoms with van der Waals surface area (Å²) in [4.78, 5) is 27.1. The van der Waals surface area contributed by atoms with Crippen molar-refractivity contribution in [2.45, 2.75) is 19.9 Å². The van der Waals surface area contributed by atoms with Crippen LogP contribution in [0.3, 0.4) is 0 Å². The lowest BCUT2D eigenvalue weighted by molar-refractivity contribution is 0.194. The summed E-state index contributed by atoms with van der Waals surface area (Å²) in [5, 5.41) is 11.6. The van der Waals surface area contributed by atoms with Crippen molar-refractivity contribution in [3.8, 4) is 22.2 Å². The minimum Gasteiger partial charge on any atom is -0.488 e. The van der Waals surface area contributed by atoms with Gasteiger partial charge in [0.25, 0.3) is 0 Å². The van der Waals surface area contributed by atoms with Gasteiger partial charge in [-0.25, -0.2) is 24.1 Å². The summed E-state index contributed by atoms with van der Waals surface area (Å²) >= 11 is 1.39. The number of aromatic nitrogens is 4. The number of carboxylic acid groups (broad SMARTS) is 1. The van der Waals surface area contributed by atoms with Gasteiger partial charge < -0.3 is 19.1 Å². The second kappa shape index (κ2) is 10.3. The van der Waals surface area contributed by atoms with E-state index in [4.69, 9.17) is 9.47 Å². The van der Waals surface area contributed by atoms with Crippen molar-refractivity contribution in [2.75, 3.05) is 18.6 Å². The zero-order valence-corrected chi connectivity index (χ0v) is 23.6. The Morgan fingerprint density at radius 1 is 1.15 bits per heavy atom. The Morgan fingerprint density at radius 2 is 1.98 bits per heavy atom. The second-order valence-electron chi connectivity index (χ2n) is 9.84. The summed E-state index contributed by atoms with van der Waals surface area (Å²) in [7, 11) is 3.47. The van der Waals surface area contributed by atoms with Gasteiger partial charge in [-0.15, -0.1) is 11.3 Å². The first kappa shape index (κ1) is 26.5. The van der Waals surface area contributed by atoms with Gasteiger partial charge in [-0.2, -0.15) is 0 Å². The summed E-state index contributed by atoms with van der Waals surface area (Å²) in [6, 6.07) is 13.6. The highest BCUT2D eigenvalue weighted by atomic mass is 32.1. The van der Waals surface area contributed by atoms with E-state index < -0.39 is 18.0 Å². The maximum absolute atomic E-state index is 15.1. The third-order valence-electron chi connectivity index (χ3n) is 6.92. The Balaban J connectivity index is 1.27. The third kappa shape index (κ3) is 4.89. The molecule has 1 atom stereocenters. The molecule has 3 aromatic carbocycles. The summed E-state index contributed by atoms with van der Waals surface area (Å²) in [5.74, 6) is -0.131. The van der Waals surface area contributed by atoms with Gasteiger partial charge in [-0.3, -0.25) is 4.90 Å². The standard InChI is InChI=1S/C30H26FN5O4S/c1-16-9-20(28-23(10-16)33-27(39-4)14-32-28)29-34-22-12-21(31)25(13-26(22)41-29)40-15-17(2)36(30(37)38)19-5-6-24-18(11-19)7-8-35(24)3/h5-14,17H,15H2,1-4H3,(H,37,38)/t17-/m1/s1. The van der Waals surface area contributed by atoms with Crippen molar-refractivity contribution < 1.29 is 23.8 Å². The van der Waals surface area contributed by atoms with Gasteiger partial charge >= 0.3 is 6.09 Å². The molecule has 0 bridgehead atoms. The summed E-state index contributed by atoms with van der Waals surface area (Å²) in [5.41, 5.74) is 5.12. The van der Waals surface area contributed by atoms with E-state index in [0.717, 1.165) is 26.7 Å². The van der Waals surface area contributed by atoms with Gasteiger partial charge in [0, 0.05) is 47.5 Å². The lowest BCUT2D eigenvalue weighted by Crippen LogP contribution is -2.41. The number of ether oxygens (including phenoxy) is 2. The lowest BCUT2D eigenvalue weighted by Gasteiger charge is -2.26. The van der Waals surface area contributed by atoms with E-state index in [1.54, 1.807) is 25.3 Å². The molecule has 0 unspecified atom stereocenters. The highest BCUT2D eigenvalue weighted by Crippen LogP contribution is 2.37. The highest BCUT2D eigenvalue weighted by Gasteiger charge is 2.23. The van der Waals surface area contributed by atoms with Crippen molar-refractivity contribution in [2.24, 2.45) is 7.05 Å². The number of benzene rings is 3. The molecule has 1 amide bonds. The van der Waals surface area contributed by atoms with E-state index in [9.17, 15) is 9.90 Å². The van der Waals surface area contributed by atoms with E-state index >= 15 is 4.39 Å². The lowest BCUT2D eigenvalue weighted by atomic mass is 10.1. The molecular formula is C30H26FN5O4S. The van der Waals surface area contributed by atoms with Crippen molar-refractivity contribution in [1.29, 1.82) is 0 Å². The maximum Gasteiger partial charge on any atom is 0.412 e. The molecular weight excluding hydrogens is 545 g/mol. The van der Waals surface area contributed by atoms with Crippen molar-refractivity contribution >= 4 is 55.3 Å². The Hall–Kier alpha value is -4.77. The number of nitrogens with zero attached hydrogens (tertiary/aromatic N) is 5. The molecule has 0 spiro atoms. The van der Waals surface area contributed by atoms with Crippen molar-refractivity contribution in [3.05, 3.63) is 72.3 Å². The first-order valence-electron chi connectivity index (χ1n) is 12.8. The molecule has 6 aromatic rings. The minimum atomic E-state index is -1.12. The fourth-order valence-electron chi connectivity index (χ4n) is 4.92. The quantitative estimate of drug-likeness (QED) is 0.225. The molecule has 9 nitrogen and oxygen atoms in total. The predicted octanol–water partition coefficient (Wildman–Crippen LogP) is 6.81. The van der Waals surface area contributed by atoms with E-state index in [1.807, 2.05) is 55.1 Å². The Kier molecular flexibility index (Phi) is 6.66. The molecule has 208 valence electrons. The molecule has 0 saturated heterocycles. The summed E-state index contributed by atoms with van der Waals surface area (Å²) in [6.07, 6.45) is 2.35. The van der Waals surface area contributed by atoms with Crippen LogP contribution in [0.1, 0.15) is 12.5 Å². The van der Waals surface area contributed by atoms with Gasteiger partial charge in [0.2, 0.25) is 5.88 Å². The average Bonchev–Trinajstić information content (AvgIpc) is 3.53. The minimum absolute atomic E-state index is 0.0297. The van der Waals surface area contributed by atoms with Gasteiger partial charge in [0.1, 0.15) is 11.6 Å². The van der Waals surface area contributed by atoms with Crippen LogP contribution < -0.4 is 14.4 Å². The van der Waals surface area contributed by atoms with Gasteiger partial charge in [-0.1, -0.05) is 0 Å². The second-order valence-corrected chi connectivity index (χ2v) is 10.9. The molecule has 0 aliphatic carbocycles. The molecule has 6 rings (SSSR count). The molecule has 0 aliphatic heterocycles. The molecule has 11 heteroatoms. The molecule has 3 aromatic heterocycles. The number of thiazole rings is 1. The number of aryl methyl sites for hydroxylation is 2. The number of fused-ring (bicyclic) bond motifs is 3. The zero-order valence-electron chi connectivity index (χ0n) is 22.8. The molecule has 3 heterocycles. The smallest absolute Gasteiger partial charge is 0.412 e. The van der Waals surface area contributed by atoms with Crippen LogP contribution in [-0.4, -0.2) is 50.5 Å². The first-order valence-corrected chi connectivity index (χ1v) is 13.7. The van der Waals surface area contributed by atoms with Crippen molar-refractivity contribution in [3.63, 3.8) is 0 Å². The number of hydrogen-bond donors (Lipinski definition) is 1. The summed E-state index contributed by atoms with van der Waals surface area (Å²) in [6.45, 7) is 3.64. The predicted molar refractivity (Wildman–Crippen MR) is 158 cm³/mol. The number of methoxy groups -OCH3 is 1. The highest BCUT2D eigenvalue weighted by molar-refractivity contribution is 7.21. The average molecular weight is 572 g/mol. The molecule has 0 aliphatic rings. The fraction of sp³-hybridized carbons (Fsp3) is 0.200. The molecule has 41 heavy (non-hydrogen) atoms. The van der Waals surface area contributed by atoms with Crippen molar-refractivity contribution in [1.82, 2.24) is 19.5 Å². The number of carbonyl (C=O) groups is 1. The van der Waals surface area contributed by atoms with Gasteiger partial charge in [-0.05, 0) is 55.8 Å². The van der Waals surface area contributed by atoms with Gasteiger partial charge in [0.15, 0.2) is 11.6 Å². The van der Waals surface area contributed by atoms with Crippen LogP contribution in [0.15, 0.2) is 60.9 Å². The van der Waals surface area contributed by atoms with Crippen LogP contribution in [0, 0.1) is 12.7 Å². The fourth-order valence-corrected chi connectivity index (χ4v) is 5.92. The van der Waals surface area contributed by atoms with Crippen LogP contribution >= 0.6 is 11.3 Å². The SMILES string of the molecule is COc1cnc2c(-c3nc4cc(F)c(OC[C@@H](C)N(C(=O)O)c5ccc6c(ccn6C)c5)cc4s3)cc(C)cc2n1. The van der Waals surface area contributed by atoms with E-state index in [0.29, 0.717) is 33.1 Å². The number of halogens is 1. The number of anilines is 1. The van der Waals surface area contributed by atoms with Crippen LogP contribution in [0.4, 0.5) is 14.9 Å². The molecule has 1 N–H and O–H groups in total. The van der Waals surface area contributed by atoms with Crippen LogP contribution in [0.2, 0.25) is 0 Å². The van der Waals surface area contributed by atoms with Crippen LogP contribution in [-0.2, 0) is 7.05 Å². The molecule has 0 fully saturated rings. The monoisotopic (exact) mass is 571 g/mol. The zero-order chi connectivity index (χ0) is 28.8. The van der Waals surface area contributed by atoms with E-state index in [1.165, 1.54) is 29.4 Å². The van der Waals surface area contributed by atoms with Crippen LogP contribution in [0.25, 0.3) is 42.7 Å². The normalized spacial score (nSPS) is 12.2. The largest absolute Gasteiger partial charge is 0.488 e.